The first-order valence-electron chi connectivity index (χ1n) is 47.2. The molecule has 0 saturated carbocycles. The third-order valence-corrected chi connectivity index (χ3v) is 30.1. The number of para-hydroxylation sites is 2. The Morgan fingerprint density at radius 2 is 0.356 bits per heavy atom. The average Bonchev–Trinajstić information content (AvgIpc) is 1.54. The molecule has 26 rings (SSSR count). The molecule has 0 N–H and O–H groups in total. The maximum Gasteiger partial charge on any atom is 0.123 e. The van der Waals surface area contributed by atoms with Gasteiger partial charge in [0, 0.05) is 68.2 Å². The van der Waals surface area contributed by atoms with E-state index in [1.165, 1.54) is 134 Å². The predicted octanol–water partition coefficient (Wildman–Crippen LogP) is 32.6. The van der Waals surface area contributed by atoms with Gasteiger partial charge in [-0.1, -0.05) is 303 Å². The molecule has 20 aromatic carbocycles. The van der Waals surface area contributed by atoms with Crippen LogP contribution in [-0.4, -0.2) is 0 Å². The summed E-state index contributed by atoms with van der Waals surface area (Å²) < 4.78 is 30.3. The minimum atomic E-state index is -0.762. The van der Waals surface area contributed by atoms with E-state index in [2.05, 4.69) is 444 Å². The zero-order valence-corrected chi connectivity index (χ0v) is 74.3. The van der Waals surface area contributed by atoms with Crippen molar-refractivity contribution in [3.63, 3.8) is 0 Å². The summed E-state index contributed by atoms with van der Waals surface area (Å²) in [5.41, 5.74) is 44.8. The van der Waals surface area contributed by atoms with Crippen molar-refractivity contribution in [3.8, 4) is 55.6 Å². The zero-order chi connectivity index (χ0) is 89.5. The third-order valence-electron chi connectivity index (χ3n) is 30.1. The highest BCUT2D eigenvalue weighted by Crippen LogP contribution is 2.63. The normalized spacial score (nSPS) is 16.1. The second kappa shape index (κ2) is 31.9. The summed E-state index contributed by atoms with van der Waals surface area (Å²) >= 11 is 0. The molecule has 0 fully saturated rings. The van der Waals surface area contributed by atoms with Crippen molar-refractivity contribution in [2.75, 3.05) is 19.6 Å². The van der Waals surface area contributed by atoms with Gasteiger partial charge in [0.2, 0.25) is 0 Å². The molecule has 0 saturated heterocycles. The highest BCUT2D eigenvalue weighted by atomic mass is 19.1. The Hall–Kier alpha value is -16.5. The number of halogens is 2. The fourth-order valence-electron chi connectivity index (χ4n) is 23.4. The van der Waals surface area contributed by atoms with Crippen LogP contribution in [-0.2, 0) is 54.8 Å². The Morgan fingerprint density at radius 1 is 0.148 bits per heavy atom. The van der Waals surface area contributed by atoms with Crippen LogP contribution in [0, 0.1) is 11.6 Å². The number of rotatable bonds is 20. The molecule has 0 amide bonds. The molecule has 4 nitrogen and oxygen atoms in total. The summed E-state index contributed by atoms with van der Waals surface area (Å²) in [6.45, 7) is 0. The Labute approximate surface area is 786 Å². The molecular weight excluding hydrogens is 1640 g/mol. The van der Waals surface area contributed by atoms with Gasteiger partial charge in [-0.15, -0.1) is 0 Å². The van der Waals surface area contributed by atoms with Crippen LogP contribution >= 0.6 is 0 Å². The van der Waals surface area contributed by atoms with E-state index in [9.17, 15) is 0 Å². The van der Waals surface area contributed by atoms with Crippen LogP contribution in [0.1, 0.15) is 100 Å². The summed E-state index contributed by atoms with van der Waals surface area (Å²) in [4.78, 5) is 9.37. The van der Waals surface area contributed by atoms with Crippen LogP contribution in [0.2, 0.25) is 0 Å². The van der Waals surface area contributed by atoms with Crippen molar-refractivity contribution in [2.45, 2.75) is 54.8 Å². The van der Waals surface area contributed by atoms with Gasteiger partial charge in [-0.25, -0.2) is 8.78 Å². The van der Waals surface area contributed by atoms with Gasteiger partial charge in [-0.3, -0.25) is 0 Å². The van der Waals surface area contributed by atoms with E-state index in [1.807, 2.05) is 24.3 Å². The SMILES string of the molecule is Fc1ccc(N(c2ccc(-c3ccc(N(c4ccccc4)c4ccc5c(c4)C(c4ccccc4)(c4ccc6c(c4)CC6)c4cc(N(c6ccccc6)c6ccc(-c7ccc(N(c8ccc(F)cc8)c8ccc9c(c8)C(c8ccccc8)(c8ccc%10c(c8)CC%10)c8ccccc8-9)cc7)cc6)ccc4-5)cc3)cc2)c2ccc3c(c2)C(c2ccccc2)(c2ccc4c(c2)CC4)c2ccccc2-3)cc1. The van der Waals surface area contributed by atoms with Crippen molar-refractivity contribution in [2.24, 2.45) is 0 Å². The van der Waals surface area contributed by atoms with Crippen molar-refractivity contribution in [1.29, 1.82) is 0 Å². The minimum absolute atomic E-state index is 0.282. The maximum atomic E-state index is 15.1. The fourth-order valence-corrected chi connectivity index (χ4v) is 23.4. The minimum Gasteiger partial charge on any atom is -0.310 e. The number of benzene rings is 20. The van der Waals surface area contributed by atoms with Gasteiger partial charge in [0.1, 0.15) is 11.6 Å². The molecule has 6 aliphatic rings. The van der Waals surface area contributed by atoms with Crippen molar-refractivity contribution in [1.82, 2.24) is 0 Å². The second-order valence-corrected chi connectivity index (χ2v) is 37.0. The van der Waals surface area contributed by atoms with Gasteiger partial charge in [0.25, 0.3) is 0 Å². The molecule has 0 aromatic heterocycles. The monoisotopic (exact) mass is 1730 g/mol. The summed E-state index contributed by atoms with van der Waals surface area (Å²) in [7, 11) is 0. The zero-order valence-electron chi connectivity index (χ0n) is 74.3. The smallest absolute Gasteiger partial charge is 0.123 e. The van der Waals surface area contributed by atoms with Crippen molar-refractivity contribution in [3.05, 3.63) is 585 Å². The van der Waals surface area contributed by atoms with Gasteiger partial charge < -0.3 is 19.6 Å². The van der Waals surface area contributed by atoms with Crippen LogP contribution in [0.3, 0.4) is 0 Å². The van der Waals surface area contributed by atoms with E-state index < -0.39 is 16.2 Å². The summed E-state index contributed by atoms with van der Waals surface area (Å²) in [6.07, 6.45) is 6.51. The Bertz CT molecular complexity index is 7600. The maximum absolute atomic E-state index is 15.1. The summed E-state index contributed by atoms with van der Waals surface area (Å²) in [6, 6.07) is 172. The summed E-state index contributed by atoms with van der Waals surface area (Å²) in [5.74, 6) is -0.564. The molecule has 0 radical (unpaired) electrons. The molecule has 0 aliphatic heterocycles. The number of fused-ring (bicyclic) bond motifs is 12. The third kappa shape index (κ3) is 12.7. The van der Waals surface area contributed by atoms with Gasteiger partial charge in [-0.2, -0.15) is 0 Å². The molecule has 135 heavy (non-hydrogen) atoms. The first kappa shape index (κ1) is 79.4. The number of aryl methyl sites for hydroxylation is 6. The van der Waals surface area contributed by atoms with Crippen LogP contribution in [0.4, 0.5) is 77.0 Å². The van der Waals surface area contributed by atoms with E-state index in [0.717, 1.165) is 129 Å². The van der Waals surface area contributed by atoms with E-state index in [1.54, 1.807) is 24.3 Å². The van der Waals surface area contributed by atoms with Crippen LogP contribution in [0.25, 0.3) is 55.6 Å². The molecule has 6 aliphatic carbocycles. The largest absolute Gasteiger partial charge is 0.310 e. The number of nitrogens with zero attached hydrogens (tertiary/aromatic N) is 4. The first-order valence-corrected chi connectivity index (χ1v) is 47.2. The van der Waals surface area contributed by atoms with E-state index >= 15 is 8.78 Å². The molecule has 2 atom stereocenters. The lowest BCUT2D eigenvalue weighted by Crippen LogP contribution is -2.30. The molecule has 6 heteroatoms. The Kier molecular flexibility index (Phi) is 18.8. The van der Waals surface area contributed by atoms with Crippen LogP contribution in [0.5, 0.6) is 0 Å². The predicted molar refractivity (Wildman–Crippen MR) is 550 cm³/mol. The molecule has 20 aromatic rings. The Morgan fingerprint density at radius 3 is 0.607 bits per heavy atom. The average molecular weight is 1730 g/mol. The van der Waals surface area contributed by atoms with Crippen LogP contribution < -0.4 is 19.6 Å². The van der Waals surface area contributed by atoms with Gasteiger partial charge in [-0.05, 0) is 364 Å². The van der Waals surface area contributed by atoms with Gasteiger partial charge >= 0.3 is 0 Å². The van der Waals surface area contributed by atoms with Gasteiger partial charge in [0.15, 0.2) is 0 Å². The quantitative estimate of drug-likeness (QED) is 0.0754. The fraction of sp³-hybridized carbons (Fsp3) is 0.0698. The molecule has 640 valence electrons. The van der Waals surface area contributed by atoms with E-state index in [-0.39, 0.29) is 11.6 Å². The highest BCUT2D eigenvalue weighted by molar-refractivity contribution is 5.96. The molecule has 2 unspecified atom stereocenters. The molecular formula is C129H90F2N4. The lowest BCUT2D eigenvalue weighted by Gasteiger charge is -2.37. The van der Waals surface area contributed by atoms with Crippen molar-refractivity contribution < 1.29 is 8.78 Å². The topological polar surface area (TPSA) is 13.0 Å². The number of anilines is 12. The van der Waals surface area contributed by atoms with E-state index in [0.29, 0.717) is 0 Å². The van der Waals surface area contributed by atoms with E-state index in [4.69, 9.17) is 0 Å². The molecule has 0 heterocycles. The number of hydrogen-bond acceptors (Lipinski definition) is 4. The molecule has 0 bridgehead atoms. The first-order chi connectivity index (χ1) is 66.7. The summed E-state index contributed by atoms with van der Waals surface area (Å²) in [5, 5.41) is 0. The Balaban J connectivity index is 0.542. The lowest BCUT2D eigenvalue weighted by molar-refractivity contribution is 0.627. The lowest BCUT2D eigenvalue weighted by atomic mass is 9.66. The standard InChI is InChI=1S/C129H90F2N4/c130-101-54-66-109(67-55-101)134(113-70-74-117-115-30-16-18-32-121(115)127(123(117)81-113,95-20-6-1-7-21-95)98-51-40-89-34-37-92(89)78-98)107-62-47-87(48-63-107)85-43-58-105(59-44-85)132(103-26-12-4-13-27-103)111-72-76-119-120-77-73-112(84-126(120)129(125(119)83-111,97-24-10-3-11-25-97)100-53-42-91-36-39-94(91)80-100)133(104-28-14-5-15-29-104)106-60-45-86(46-61-106)88-49-64-108(65-50-88)135(110-68-56-102(131)57-69-110)114-71-75-118-116-31-17-19-33-122(116)128(124(118)82-114,96-22-8-2-9-23-96)99-52-41-90-35-38-93(90)79-99/h1-33,40-84H,34-39H2. The highest BCUT2D eigenvalue weighted by Gasteiger charge is 2.51. The number of hydrogen-bond donors (Lipinski definition) is 0. The van der Waals surface area contributed by atoms with Crippen molar-refractivity contribution >= 4 is 68.2 Å². The van der Waals surface area contributed by atoms with Crippen LogP contribution in [0.15, 0.2) is 473 Å². The second-order valence-electron chi connectivity index (χ2n) is 37.0. The van der Waals surface area contributed by atoms with Gasteiger partial charge in [0.05, 0.1) is 16.2 Å². The molecule has 0 spiro atoms.